The third kappa shape index (κ3) is 2.54. The Labute approximate surface area is 150 Å². The highest BCUT2D eigenvalue weighted by molar-refractivity contribution is 5.97. The van der Waals surface area contributed by atoms with Crippen LogP contribution in [0, 0.1) is 34.0 Å². The van der Waals surface area contributed by atoms with Crippen molar-refractivity contribution >= 4 is 11.7 Å². The zero-order valence-corrected chi connectivity index (χ0v) is 15.5. The lowest BCUT2D eigenvalue weighted by molar-refractivity contribution is -0.0721. The SMILES string of the molecule is CC12CCC(=NNC(=N)N)C=C1CCC1C2CCC2(C)C(O)CCC12. The lowest BCUT2D eigenvalue weighted by Crippen LogP contribution is -2.51. The van der Waals surface area contributed by atoms with Crippen LogP contribution in [0.5, 0.6) is 0 Å². The summed E-state index contributed by atoms with van der Waals surface area (Å²) < 4.78 is 0. The molecule has 0 aliphatic heterocycles. The summed E-state index contributed by atoms with van der Waals surface area (Å²) in [5.41, 5.74) is 11.0. The molecule has 4 aliphatic carbocycles. The predicted octanol–water partition coefficient (Wildman–Crippen LogP) is 3.15. The van der Waals surface area contributed by atoms with Crippen molar-refractivity contribution in [3.05, 3.63) is 11.6 Å². The quantitative estimate of drug-likeness (QED) is 0.334. The Kier molecular flexibility index (Phi) is 3.98. The fourth-order valence-electron chi connectivity index (χ4n) is 6.76. The van der Waals surface area contributed by atoms with Crippen molar-refractivity contribution in [3.8, 4) is 0 Å². The van der Waals surface area contributed by atoms with Crippen molar-refractivity contribution in [2.75, 3.05) is 0 Å². The van der Waals surface area contributed by atoms with Gasteiger partial charge in [0.25, 0.3) is 0 Å². The molecule has 0 saturated heterocycles. The van der Waals surface area contributed by atoms with E-state index in [0.29, 0.717) is 5.92 Å². The molecule has 0 amide bonds. The van der Waals surface area contributed by atoms with Gasteiger partial charge < -0.3 is 10.8 Å². The fraction of sp³-hybridized carbons (Fsp3) is 0.800. The van der Waals surface area contributed by atoms with Crippen molar-refractivity contribution in [1.82, 2.24) is 5.43 Å². The monoisotopic (exact) mass is 344 g/mol. The number of aliphatic hydroxyl groups is 1. The molecule has 5 heteroatoms. The van der Waals surface area contributed by atoms with E-state index in [1.807, 2.05) is 0 Å². The van der Waals surface area contributed by atoms with Gasteiger partial charge in [-0.15, -0.1) is 0 Å². The van der Waals surface area contributed by atoms with Gasteiger partial charge in [0.05, 0.1) is 11.8 Å². The Hall–Kier alpha value is -1.36. The molecule has 4 aliphatic rings. The first kappa shape index (κ1) is 17.1. The molecule has 0 aromatic carbocycles. The third-order valence-electron chi connectivity index (χ3n) is 8.25. The van der Waals surface area contributed by atoms with Gasteiger partial charge in [-0.25, -0.2) is 5.43 Å². The molecule has 138 valence electrons. The highest BCUT2D eigenvalue weighted by Crippen LogP contribution is 2.65. The number of allylic oxidation sites excluding steroid dienone is 2. The molecule has 0 heterocycles. The lowest BCUT2D eigenvalue weighted by Gasteiger charge is -2.57. The minimum Gasteiger partial charge on any atom is -0.393 e. The number of nitrogens with one attached hydrogen (secondary N) is 2. The van der Waals surface area contributed by atoms with E-state index in [-0.39, 0.29) is 22.9 Å². The van der Waals surface area contributed by atoms with E-state index >= 15 is 0 Å². The summed E-state index contributed by atoms with van der Waals surface area (Å²) in [6.45, 7) is 4.82. The highest BCUT2D eigenvalue weighted by Gasteiger charge is 2.58. The first-order chi connectivity index (χ1) is 11.8. The van der Waals surface area contributed by atoms with Crippen LogP contribution in [0.25, 0.3) is 0 Å². The van der Waals surface area contributed by atoms with Crippen molar-refractivity contribution in [3.63, 3.8) is 0 Å². The zero-order valence-electron chi connectivity index (χ0n) is 15.5. The lowest BCUT2D eigenvalue weighted by atomic mass is 9.47. The summed E-state index contributed by atoms with van der Waals surface area (Å²) in [4.78, 5) is 0. The molecular weight excluding hydrogens is 312 g/mol. The van der Waals surface area contributed by atoms with E-state index in [0.717, 1.165) is 43.2 Å². The minimum atomic E-state index is -0.102. The average molecular weight is 345 g/mol. The third-order valence-corrected chi connectivity index (χ3v) is 8.25. The number of guanidine groups is 1. The summed E-state index contributed by atoms with van der Waals surface area (Å²) in [7, 11) is 0. The number of fused-ring (bicyclic) bond motifs is 5. The van der Waals surface area contributed by atoms with E-state index in [1.54, 1.807) is 5.57 Å². The van der Waals surface area contributed by atoms with Crippen LogP contribution in [-0.4, -0.2) is 22.9 Å². The summed E-state index contributed by atoms with van der Waals surface area (Å²) in [6.07, 6.45) is 11.3. The number of rotatable bonds is 1. The van der Waals surface area contributed by atoms with Crippen molar-refractivity contribution in [1.29, 1.82) is 5.41 Å². The number of nitrogens with two attached hydrogens (primary N) is 1. The van der Waals surface area contributed by atoms with Crippen LogP contribution >= 0.6 is 0 Å². The molecule has 0 aromatic rings. The van der Waals surface area contributed by atoms with Crippen molar-refractivity contribution in [2.24, 2.45) is 39.4 Å². The van der Waals surface area contributed by atoms with Gasteiger partial charge in [0, 0.05) is 0 Å². The van der Waals surface area contributed by atoms with Gasteiger partial charge in [0.1, 0.15) is 0 Å². The molecular formula is C20H32N4O. The first-order valence-electron chi connectivity index (χ1n) is 9.90. The second kappa shape index (κ2) is 5.83. The Morgan fingerprint density at radius 2 is 2.00 bits per heavy atom. The number of nitrogens with zero attached hydrogens (tertiary/aromatic N) is 1. The van der Waals surface area contributed by atoms with Gasteiger partial charge in [-0.3, -0.25) is 5.41 Å². The molecule has 0 aromatic heterocycles. The zero-order chi connectivity index (χ0) is 17.8. The summed E-state index contributed by atoms with van der Waals surface area (Å²) >= 11 is 0. The van der Waals surface area contributed by atoms with E-state index in [1.165, 1.54) is 25.7 Å². The molecule has 0 bridgehead atoms. The Morgan fingerprint density at radius 3 is 2.76 bits per heavy atom. The standard InChI is InChI=1S/C20H32N4O/c1-19-9-7-13(23-24-18(21)22)11-12(19)3-4-14-15-5-6-17(25)20(15,2)10-8-16(14)19/h11,14-17,25H,3-10H2,1-2H3,(H4,21,22,24). The van der Waals surface area contributed by atoms with Crippen LogP contribution in [0.15, 0.2) is 16.8 Å². The van der Waals surface area contributed by atoms with Crippen LogP contribution in [0.3, 0.4) is 0 Å². The second-order valence-electron chi connectivity index (χ2n) is 9.27. The van der Waals surface area contributed by atoms with E-state index in [4.69, 9.17) is 11.1 Å². The predicted molar refractivity (Wildman–Crippen MR) is 100 cm³/mol. The van der Waals surface area contributed by atoms with Gasteiger partial charge in [-0.1, -0.05) is 19.4 Å². The molecule has 5 nitrogen and oxygen atoms in total. The van der Waals surface area contributed by atoms with Crippen LogP contribution in [0.1, 0.15) is 65.2 Å². The van der Waals surface area contributed by atoms with E-state index < -0.39 is 0 Å². The van der Waals surface area contributed by atoms with Crippen LogP contribution in [-0.2, 0) is 0 Å². The molecule has 6 atom stereocenters. The average Bonchev–Trinajstić information content (AvgIpc) is 2.88. The topological polar surface area (TPSA) is 94.5 Å². The second-order valence-corrected chi connectivity index (χ2v) is 9.27. The van der Waals surface area contributed by atoms with Crippen LogP contribution in [0.4, 0.5) is 0 Å². The minimum absolute atomic E-state index is 0.0917. The number of hydrazone groups is 1. The van der Waals surface area contributed by atoms with Crippen LogP contribution < -0.4 is 11.2 Å². The maximum Gasteiger partial charge on any atom is 0.206 e. The molecule has 3 fully saturated rings. The van der Waals surface area contributed by atoms with E-state index in [9.17, 15) is 5.11 Å². The molecule has 4 rings (SSSR count). The Balaban J connectivity index is 1.60. The summed E-state index contributed by atoms with van der Waals surface area (Å²) in [6, 6.07) is 0. The molecule has 5 N–H and O–H groups in total. The van der Waals surface area contributed by atoms with Crippen molar-refractivity contribution < 1.29 is 5.11 Å². The van der Waals surface area contributed by atoms with Gasteiger partial charge in [0.2, 0.25) is 5.96 Å². The fourth-order valence-corrected chi connectivity index (χ4v) is 6.76. The maximum absolute atomic E-state index is 10.5. The van der Waals surface area contributed by atoms with E-state index in [2.05, 4.69) is 30.5 Å². The van der Waals surface area contributed by atoms with Gasteiger partial charge >= 0.3 is 0 Å². The largest absolute Gasteiger partial charge is 0.393 e. The molecule has 6 unspecified atom stereocenters. The Bertz CT molecular complexity index is 642. The Morgan fingerprint density at radius 1 is 1.20 bits per heavy atom. The highest BCUT2D eigenvalue weighted by atomic mass is 16.3. The van der Waals surface area contributed by atoms with Crippen LogP contribution in [0.2, 0.25) is 0 Å². The maximum atomic E-state index is 10.5. The normalized spacial score (nSPS) is 47.5. The van der Waals surface area contributed by atoms with Gasteiger partial charge in [-0.05, 0) is 86.0 Å². The van der Waals surface area contributed by atoms with Gasteiger partial charge in [0.15, 0.2) is 0 Å². The van der Waals surface area contributed by atoms with Gasteiger partial charge in [-0.2, -0.15) is 5.10 Å². The number of hydrogen-bond acceptors (Lipinski definition) is 3. The number of aliphatic hydroxyl groups excluding tert-OH is 1. The molecule has 0 radical (unpaired) electrons. The summed E-state index contributed by atoms with van der Waals surface area (Å²) in [5, 5.41) is 22.1. The first-order valence-corrected chi connectivity index (χ1v) is 9.90. The molecule has 0 spiro atoms. The summed E-state index contributed by atoms with van der Waals surface area (Å²) in [5.74, 6) is 2.12. The number of hydrogen-bond donors (Lipinski definition) is 4. The van der Waals surface area contributed by atoms with Crippen molar-refractivity contribution in [2.45, 2.75) is 71.3 Å². The smallest absolute Gasteiger partial charge is 0.206 e. The molecule has 3 saturated carbocycles. The molecule has 25 heavy (non-hydrogen) atoms.